The molecule has 0 aliphatic carbocycles. The zero-order valence-electron chi connectivity index (χ0n) is 8.55. The van der Waals surface area contributed by atoms with Crippen LogP contribution in [0.15, 0.2) is 0 Å². The molecular formula is C5H13O5P3Pd. The number of carboxylic acid groups (broad SMARTS) is 1. The molecule has 0 aliphatic rings. The molecule has 0 heterocycles. The van der Waals surface area contributed by atoms with Crippen molar-refractivity contribution in [3.8, 4) is 0 Å². The number of esters is 1. The molecule has 9 heteroatoms. The van der Waals surface area contributed by atoms with Crippen molar-refractivity contribution < 1.29 is 44.5 Å². The molecule has 88 valence electrons. The molecular weight excluding hydrogens is 339 g/mol. The maximum absolute atomic E-state index is 9.56. The molecule has 2 atom stereocenters. The monoisotopic (exact) mass is 353 g/mol. The molecule has 0 saturated heterocycles. The van der Waals surface area contributed by atoms with Gasteiger partial charge in [0.05, 0.1) is 0 Å². The van der Waals surface area contributed by atoms with E-state index in [2.05, 4.69) is 22.6 Å². The Morgan fingerprint density at radius 3 is 1.71 bits per heavy atom. The van der Waals surface area contributed by atoms with Crippen molar-refractivity contribution in [3.05, 3.63) is 0 Å². The molecule has 0 aromatic heterocycles. The topological polar surface area (TPSA) is 80.7 Å². The van der Waals surface area contributed by atoms with Crippen LogP contribution >= 0.6 is 25.8 Å². The zero-order valence-corrected chi connectivity index (χ0v) is 12.4. The fourth-order valence-electron chi connectivity index (χ4n) is 0.0587. The van der Waals surface area contributed by atoms with Gasteiger partial charge in [0.1, 0.15) is 5.97 Å². The molecule has 0 spiro atoms. The van der Waals surface area contributed by atoms with E-state index in [1.807, 2.05) is 20.3 Å². The summed E-state index contributed by atoms with van der Waals surface area (Å²) < 4.78 is 9.20. The number of aliphatic carboxylic acids is 1. The van der Waals surface area contributed by atoms with Crippen LogP contribution in [0.3, 0.4) is 0 Å². The number of carboxylic acids is 1. The first kappa shape index (κ1) is 20.0. The number of carbonyl (C=O) groups excluding carboxylic acids is 2. The van der Waals surface area contributed by atoms with E-state index < -0.39 is 11.9 Å². The van der Waals surface area contributed by atoms with Gasteiger partial charge in [-0.15, -0.1) is 17.9 Å². The van der Waals surface area contributed by atoms with Crippen molar-refractivity contribution in [3.63, 3.8) is 0 Å². The molecule has 0 aromatic rings. The summed E-state index contributed by atoms with van der Waals surface area (Å²) in [6.07, 6.45) is 0. The SMILES string of the molecule is CC(=O)O.CC(=O)O[C-]=O.PPP.[2H][Pd+]. The molecule has 2 unspecified atom stereocenters. The van der Waals surface area contributed by atoms with Crippen LogP contribution < -0.4 is 0 Å². The molecule has 5 nitrogen and oxygen atoms in total. The molecule has 0 radical (unpaired) electrons. The minimum atomic E-state index is -0.833. The van der Waals surface area contributed by atoms with Crippen LogP contribution in [0.5, 0.6) is 0 Å². The van der Waals surface area contributed by atoms with Crippen molar-refractivity contribution in [1.82, 2.24) is 0 Å². The number of ether oxygens (including phenoxy) is 1. The van der Waals surface area contributed by atoms with E-state index in [1.54, 1.807) is 0 Å². The molecule has 0 fully saturated rings. The van der Waals surface area contributed by atoms with E-state index >= 15 is 0 Å². The van der Waals surface area contributed by atoms with Crippen LogP contribution in [0, 0.1) is 0 Å². The molecule has 0 aliphatic heterocycles. The van der Waals surface area contributed by atoms with Crippen LogP contribution in [0.2, 0.25) is 0 Å². The van der Waals surface area contributed by atoms with Gasteiger partial charge in [0.15, 0.2) is 6.47 Å². The fraction of sp³-hybridized carbons (Fsp3) is 0.400. The Balaban J connectivity index is -0.0000000590. The molecule has 14 heavy (non-hydrogen) atoms. The molecule has 0 rings (SSSR count). The molecule has 0 saturated carbocycles. The number of rotatable bonds is 1. The Morgan fingerprint density at radius 2 is 1.71 bits per heavy atom. The predicted molar refractivity (Wildman–Crippen MR) is 59.9 cm³/mol. The van der Waals surface area contributed by atoms with Gasteiger partial charge in [-0.05, 0) is 6.92 Å². The standard InChI is InChI=1S/C3H3O3.C2H4O2.H5P3.Pd.H/c1-3(5)6-2-4;1-2(3)4;1-3-2;;/h1H3;1H3,(H,3,4);3H,1-2H2;;/q-1;;;+1;/i;;;;1+1. The summed E-state index contributed by atoms with van der Waals surface area (Å²) in [5.41, 5.74) is 0. The van der Waals surface area contributed by atoms with Crippen molar-refractivity contribution in [1.29, 1.82) is 0.783 Å². The third kappa shape index (κ3) is 132. The summed E-state index contributed by atoms with van der Waals surface area (Å²) >= 11 is 2.00. The molecule has 0 bridgehead atoms. The normalized spacial score (nSPS) is 6.57. The average Bonchev–Trinajstić information content (AvgIpc) is 2.07. The summed E-state index contributed by atoms with van der Waals surface area (Å²) in [4.78, 5) is 27.6. The van der Waals surface area contributed by atoms with Crippen LogP contribution in [0.1, 0.15) is 13.8 Å². The van der Waals surface area contributed by atoms with Gasteiger partial charge in [-0.25, -0.2) is 0 Å². The second kappa shape index (κ2) is 23.4. The van der Waals surface area contributed by atoms with E-state index in [9.17, 15) is 4.79 Å². The van der Waals surface area contributed by atoms with Gasteiger partial charge in [-0.2, -0.15) is 0 Å². The fourth-order valence-corrected chi connectivity index (χ4v) is 0.0587. The van der Waals surface area contributed by atoms with Crippen molar-refractivity contribution in [2.45, 2.75) is 13.8 Å². The van der Waals surface area contributed by atoms with E-state index in [-0.39, 0.29) is 0 Å². The molecule has 1 N–H and O–H groups in total. The Labute approximate surface area is 103 Å². The predicted octanol–water partition coefficient (Wildman–Crippen LogP) is 0.682. The van der Waals surface area contributed by atoms with Gasteiger partial charge in [0.2, 0.25) is 0 Å². The Bertz CT molecular complexity index is 156. The molecule has 0 amide bonds. The van der Waals surface area contributed by atoms with E-state index in [4.69, 9.17) is 15.5 Å². The first-order valence-corrected chi connectivity index (χ1v) is 7.44. The second-order valence-electron chi connectivity index (χ2n) is 1.36. The number of hydrogen-bond acceptors (Lipinski definition) is 4. The van der Waals surface area contributed by atoms with Gasteiger partial charge in [-0.3, -0.25) is 4.79 Å². The van der Waals surface area contributed by atoms with Crippen LogP contribution in [0.4, 0.5) is 0 Å². The van der Waals surface area contributed by atoms with Crippen LogP contribution in [-0.4, -0.2) is 24.3 Å². The van der Waals surface area contributed by atoms with Crippen molar-refractivity contribution in [2.75, 3.05) is 0 Å². The summed E-state index contributed by atoms with van der Waals surface area (Å²) in [5, 5.41) is 7.42. The van der Waals surface area contributed by atoms with Gasteiger partial charge in [-0.1, -0.05) is 7.96 Å². The van der Waals surface area contributed by atoms with Gasteiger partial charge >= 0.3 is 21.0 Å². The maximum atomic E-state index is 9.56. The van der Waals surface area contributed by atoms with Gasteiger partial charge in [0.25, 0.3) is 5.97 Å². The number of hydrogen-bond donors (Lipinski definition) is 1. The third-order valence-corrected chi connectivity index (χ3v) is 0.185. The van der Waals surface area contributed by atoms with E-state index in [0.717, 1.165) is 28.3 Å². The number of carbonyl (C=O) groups is 2. The Hall–Kier alpha value is 0.562. The van der Waals surface area contributed by atoms with Gasteiger partial charge < -0.3 is 19.4 Å². The summed E-state index contributed by atoms with van der Waals surface area (Å²) in [7, 11) is 6.06. The average molecular weight is 354 g/mol. The van der Waals surface area contributed by atoms with E-state index in [1.165, 1.54) is 0 Å². The summed E-state index contributed by atoms with van der Waals surface area (Å²) in [6.45, 7) is 3.18. The first-order chi connectivity index (χ1) is 6.92. The second-order valence-corrected chi connectivity index (χ2v) is 5.70. The van der Waals surface area contributed by atoms with Gasteiger partial charge in [0, 0.05) is 6.92 Å². The first-order valence-electron chi connectivity index (χ1n) is 3.14. The summed E-state index contributed by atoms with van der Waals surface area (Å²) in [5.74, 6) is -1.47. The van der Waals surface area contributed by atoms with Crippen LogP contribution in [0.25, 0.3) is 0 Å². The molecule has 0 aromatic carbocycles. The van der Waals surface area contributed by atoms with E-state index in [0.29, 0.717) is 0 Å². The zero-order chi connectivity index (χ0) is 13.3. The summed E-state index contributed by atoms with van der Waals surface area (Å²) in [6, 6.07) is 0. The Morgan fingerprint density at radius 1 is 1.50 bits per heavy atom. The van der Waals surface area contributed by atoms with Crippen molar-refractivity contribution in [2.24, 2.45) is 0 Å². The van der Waals surface area contributed by atoms with Crippen molar-refractivity contribution >= 4 is 44.2 Å². The Kier molecular flexibility index (Phi) is 33.5. The quantitative estimate of drug-likeness (QED) is 0.247. The van der Waals surface area contributed by atoms with Crippen LogP contribution in [-0.2, 0) is 39.4 Å². The minimum absolute atomic E-state index is 0.634. The third-order valence-electron chi connectivity index (χ3n) is 0.185.